The summed E-state index contributed by atoms with van der Waals surface area (Å²) in [5, 5.41) is 2.87. The second-order valence-corrected chi connectivity index (χ2v) is 5.67. The summed E-state index contributed by atoms with van der Waals surface area (Å²) < 4.78 is 5.53. The molecule has 124 valence electrons. The molecule has 0 bridgehead atoms. The zero-order chi connectivity index (χ0) is 15.9. The van der Waals surface area contributed by atoms with Gasteiger partial charge in [0.2, 0.25) is 5.91 Å². The molecule has 0 saturated heterocycles. The van der Waals surface area contributed by atoms with Crippen molar-refractivity contribution in [2.24, 2.45) is 5.73 Å². The summed E-state index contributed by atoms with van der Waals surface area (Å²) in [6.45, 7) is 6.15. The van der Waals surface area contributed by atoms with E-state index in [0.717, 1.165) is 0 Å². The normalized spacial score (nSPS) is 10.5. The lowest BCUT2D eigenvalue weighted by molar-refractivity contribution is -0.122. The molecule has 1 aromatic rings. The minimum Gasteiger partial charge on any atom is -0.494 e. The first kappa shape index (κ1) is 20.4. The molecule has 0 aliphatic heterocycles. The number of halogens is 1. The molecule has 5 nitrogen and oxygen atoms in total. The predicted molar refractivity (Wildman–Crippen MR) is 89.7 cm³/mol. The van der Waals surface area contributed by atoms with Crippen LogP contribution in [0.15, 0.2) is 24.3 Å². The molecule has 0 unspecified atom stereocenters. The summed E-state index contributed by atoms with van der Waals surface area (Å²) in [5.41, 5.74) is 5.84. The number of ether oxygens (including phenoxy) is 1. The Morgan fingerprint density at radius 3 is 2.32 bits per heavy atom. The molecule has 1 aromatic carbocycles. The molecule has 0 aliphatic rings. The Labute approximate surface area is 138 Å². The molecule has 3 N–H and O–H groups in total. The van der Waals surface area contributed by atoms with Gasteiger partial charge in [0.05, 0.1) is 6.61 Å². The Kier molecular flexibility index (Phi) is 8.75. The number of carbonyl (C=O) groups is 2. The predicted octanol–water partition coefficient (Wildman–Crippen LogP) is 2.32. The van der Waals surface area contributed by atoms with Crippen LogP contribution >= 0.6 is 12.4 Å². The number of ketones is 1. The molecule has 0 spiro atoms. The molecular formula is C16H25ClN2O3. The monoisotopic (exact) mass is 328 g/mol. The highest BCUT2D eigenvalue weighted by Crippen LogP contribution is 2.13. The van der Waals surface area contributed by atoms with Crippen molar-refractivity contribution < 1.29 is 14.3 Å². The molecule has 0 radical (unpaired) electrons. The van der Waals surface area contributed by atoms with Crippen LogP contribution in [0.5, 0.6) is 5.75 Å². The van der Waals surface area contributed by atoms with Crippen LogP contribution in [0.4, 0.5) is 0 Å². The Hall–Kier alpha value is -1.59. The molecule has 0 atom stereocenters. The topological polar surface area (TPSA) is 81.4 Å². The Morgan fingerprint density at radius 1 is 1.23 bits per heavy atom. The lowest BCUT2D eigenvalue weighted by atomic mass is 10.1. The van der Waals surface area contributed by atoms with Crippen molar-refractivity contribution in [2.75, 3.05) is 13.2 Å². The molecule has 1 amide bonds. The van der Waals surface area contributed by atoms with Crippen LogP contribution in [0.2, 0.25) is 0 Å². The molecule has 0 heterocycles. The third kappa shape index (κ3) is 7.43. The Balaban J connectivity index is 0.00000441. The van der Waals surface area contributed by atoms with Gasteiger partial charge in [0.25, 0.3) is 0 Å². The third-order valence-corrected chi connectivity index (χ3v) is 3.07. The van der Waals surface area contributed by atoms with Gasteiger partial charge in [-0.2, -0.15) is 0 Å². The highest BCUT2D eigenvalue weighted by Gasteiger charge is 2.17. The van der Waals surface area contributed by atoms with Crippen molar-refractivity contribution in [1.82, 2.24) is 5.32 Å². The maximum Gasteiger partial charge on any atom is 0.220 e. The number of benzene rings is 1. The smallest absolute Gasteiger partial charge is 0.220 e. The maximum absolute atomic E-state index is 11.7. The van der Waals surface area contributed by atoms with Crippen molar-refractivity contribution in [3.05, 3.63) is 29.8 Å². The van der Waals surface area contributed by atoms with Gasteiger partial charge in [0.15, 0.2) is 5.78 Å². The minimum absolute atomic E-state index is 0. The van der Waals surface area contributed by atoms with Crippen LogP contribution in [-0.2, 0) is 4.79 Å². The van der Waals surface area contributed by atoms with Gasteiger partial charge < -0.3 is 15.8 Å². The average molecular weight is 329 g/mol. The van der Waals surface area contributed by atoms with Crippen LogP contribution < -0.4 is 15.8 Å². The molecule has 0 aromatic heterocycles. The lowest BCUT2D eigenvalue weighted by Gasteiger charge is -2.24. The van der Waals surface area contributed by atoms with E-state index in [-0.39, 0.29) is 29.6 Å². The highest BCUT2D eigenvalue weighted by molar-refractivity contribution is 5.94. The number of carbonyl (C=O) groups excluding carboxylic acids is 2. The molecule has 6 heteroatoms. The summed E-state index contributed by atoms with van der Waals surface area (Å²) in [6.07, 6.45) is 1.02. The van der Waals surface area contributed by atoms with Crippen molar-refractivity contribution >= 4 is 24.1 Å². The van der Waals surface area contributed by atoms with Crippen molar-refractivity contribution in [3.63, 3.8) is 0 Å². The lowest BCUT2D eigenvalue weighted by Crippen LogP contribution is -2.48. The van der Waals surface area contributed by atoms with Crippen molar-refractivity contribution in [1.29, 1.82) is 0 Å². The summed E-state index contributed by atoms with van der Waals surface area (Å²) >= 11 is 0. The zero-order valence-corrected chi connectivity index (χ0v) is 14.2. The first-order chi connectivity index (χ1) is 9.84. The molecule has 0 fully saturated rings. The largest absolute Gasteiger partial charge is 0.494 e. The van der Waals surface area contributed by atoms with E-state index in [1.54, 1.807) is 24.3 Å². The first-order valence-electron chi connectivity index (χ1n) is 7.09. The van der Waals surface area contributed by atoms with Gasteiger partial charge in [0, 0.05) is 24.1 Å². The SMILES string of the molecule is CC(=O)c1ccc(OCCCC(=O)NC(C)(C)CN)cc1.Cl. The second-order valence-electron chi connectivity index (χ2n) is 5.67. The number of Topliss-reactive ketones (excluding diaryl/α,β-unsaturated/α-hetero) is 1. The number of nitrogens with two attached hydrogens (primary N) is 1. The van der Waals surface area contributed by atoms with E-state index in [4.69, 9.17) is 10.5 Å². The molecule has 0 saturated carbocycles. The second kappa shape index (κ2) is 9.43. The zero-order valence-electron chi connectivity index (χ0n) is 13.3. The standard InChI is InChI=1S/C16H24N2O3.ClH/c1-12(19)13-6-8-14(9-7-13)21-10-4-5-15(20)18-16(2,3)11-17;/h6-9H,4-5,10-11,17H2,1-3H3,(H,18,20);1H. The molecule has 1 rings (SSSR count). The van der Waals surface area contributed by atoms with E-state index in [0.29, 0.717) is 37.3 Å². The molecule has 22 heavy (non-hydrogen) atoms. The first-order valence-corrected chi connectivity index (χ1v) is 7.09. The van der Waals surface area contributed by atoms with E-state index < -0.39 is 0 Å². The van der Waals surface area contributed by atoms with Gasteiger partial charge >= 0.3 is 0 Å². The summed E-state index contributed by atoms with van der Waals surface area (Å²) in [7, 11) is 0. The van der Waals surface area contributed by atoms with E-state index in [1.807, 2.05) is 13.8 Å². The summed E-state index contributed by atoms with van der Waals surface area (Å²) in [6, 6.07) is 6.98. The number of hydrogen-bond acceptors (Lipinski definition) is 4. The van der Waals surface area contributed by atoms with E-state index in [1.165, 1.54) is 6.92 Å². The summed E-state index contributed by atoms with van der Waals surface area (Å²) in [5.74, 6) is 0.699. The number of amides is 1. The minimum atomic E-state index is -0.375. The average Bonchev–Trinajstić information content (AvgIpc) is 2.43. The third-order valence-electron chi connectivity index (χ3n) is 3.07. The van der Waals surface area contributed by atoms with Crippen molar-refractivity contribution in [3.8, 4) is 5.75 Å². The van der Waals surface area contributed by atoms with E-state index in [9.17, 15) is 9.59 Å². The van der Waals surface area contributed by atoms with Gasteiger partial charge in [-0.15, -0.1) is 12.4 Å². The Bertz CT molecular complexity index is 487. The fourth-order valence-corrected chi connectivity index (χ4v) is 1.70. The van der Waals surface area contributed by atoms with Gasteiger partial charge in [-0.05, 0) is 51.5 Å². The highest BCUT2D eigenvalue weighted by atomic mass is 35.5. The van der Waals surface area contributed by atoms with Crippen LogP contribution in [0.25, 0.3) is 0 Å². The number of hydrogen-bond donors (Lipinski definition) is 2. The van der Waals surface area contributed by atoms with E-state index in [2.05, 4.69) is 5.32 Å². The van der Waals surface area contributed by atoms with Gasteiger partial charge in [0.1, 0.15) is 5.75 Å². The van der Waals surface area contributed by atoms with E-state index >= 15 is 0 Å². The van der Waals surface area contributed by atoms with Crippen LogP contribution in [0.1, 0.15) is 44.0 Å². The van der Waals surface area contributed by atoms with Crippen LogP contribution in [0, 0.1) is 0 Å². The summed E-state index contributed by atoms with van der Waals surface area (Å²) in [4.78, 5) is 22.8. The van der Waals surface area contributed by atoms with Gasteiger partial charge in [-0.3, -0.25) is 9.59 Å². The van der Waals surface area contributed by atoms with Gasteiger partial charge in [-0.1, -0.05) is 0 Å². The van der Waals surface area contributed by atoms with Crippen LogP contribution in [-0.4, -0.2) is 30.4 Å². The van der Waals surface area contributed by atoms with Crippen molar-refractivity contribution in [2.45, 2.75) is 39.2 Å². The number of rotatable bonds is 8. The van der Waals surface area contributed by atoms with Gasteiger partial charge in [-0.25, -0.2) is 0 Å². The molecular weight excluding hydrogens is 304 g/mol. The molecule has 0 aliphatic carbocycles. The fourth-order valence-electron chi connectivity index (χ4n) is 1.70. The Morgan fingerprint density at radius 2 is 1.82 bits per heavy atom. The quantitative estimate of drug-likeness (QED) is 0.567. The fraction of sp³-hybridized carbons (Fsp3) is 0.500. The number of nitrogens with one attached hydrogen (secondary N) is 1. The maximum atomic E-state index is 11.7. The van der Waals surface area contributed by atoms with Crippen LogP contribution in [0.3, 0.4) is 0 Å².